The molecule has 5 rings (SSSR count). The highest BCUT2D eigenvalue weighted by Crippen LogP contribution is 2.34. The number of hydrogen-bond donors (Lipinski definition) is 2. The molecule has 0 saturated heterocycles. The van der Waals surface area contributed by atoms with Crippen LogP contribution in [0.4, 0.5) is 5.69 Å². The van der Waals surface area contributed by atoms with Gasteiger partial charge >= 0.3 is 0 Å². The van der Waals surface area contributed by atoms with E-state index in [4.69, 9.17) is 36.2 Å². The van der Waals surface area contributed by atoms with Crippen molar-refractivity contribution in [2.75, 3.05) is 32.1 Å². The molecule has 1 unspecified atom stereocenters. The molecule has 2 aromatic carbocycles. The number of fused-ring (bicyclic) bond motifs is 1. The Labute approximate surface area is 249 Å². The van der Waals surface area contributed by atoms with Crippen molar-refractivity contribution in [2.45, 2.75) is 24.6 Å². The average Bonchev–Trinajstić information content (AvgIpc) is 3.65. The summed E-state index contributed by atoms with van der Waals surface area (Å²) in [6, 6.07) is 15.6. The summed E-state index contributed by atoms with van der Waals surface area (Å²) in [6.45, 7) is 1.96. The molecule has 0 fully saturated rings. The summed E-state index contributed by atoms with van der Waals surface area (Å²) < 4.78 is 13.2. The fourth-order valence-corrected chi connectivity index (χ4v) is 7.11. The summed E-state index contributed by atoms with van der Waals surface area (Å²) in [4.78, 5) is 26.6. The van der Waals surface area contributed by atoms with Gasteiger partial charge in [0.1, 0.15) is 12.4 Å². The monoisotopic (exact) mass is 611 g/mol. The topological polar surface area (TPSA) is 111 Å². The Bertz CT molecular complexity index is 1580. The number of hydrogen-bond acceptors (Lipinski definition) is 8. The zero-order valence-corrected chi connectivity index (χ0v) is 24.6. The Hall–Kier alpha value is -3.35. The van der Waals surface area contributed by atoms with Gasteiger partial charge in [0.15, 0.2) is 5.49 Å². The zero-order valence-electron chi connectivity index (χ0n) is 22.2. The molecule has 3 heterocycles. The van der Waals surface area contributed by atoms with Crippen molar-refractivity contribution >= 4 is 50.4 Å². The molecule has 1 aliphatic heterocycles. The van der Waals surface area contributed by atoms with Crippen molar-refractivity contribution in [3.05, 3.63) is 93.1 Å². The lowest BCUT2D eigenvalue weighted by molar-refractivity contribution is -0.118. The van der Waals surface area contributed by atoms with Crippen LogP contribution in [0.5, 0.6) is 5.75 Å². The number of carbonyl (C=O) groups excluding carboxylic acids is 1. The fourth-order valence-electron chi connectivity index (χ4n) is 4.27. The summed E-state index contributed by atoms with van der Waals surface area (Å²) in [6.07, 6.45) is 2.47. The minimum Gasteiger partial charge on any atom is -0.486 e. The number of halogens is 1. The number of carbonyl (C=O) groups is 1. The van der Waals surface area contributed by atoms with E-state index in [-0.39, 0.29) is 19.1 Å². The summed E-state index contributed by atoms with van der Waals surface area (Å²) in [5.41, 5.74) is 6.04. The maximum atomic E-state index is 12.8. The Morgan fingerprint density at radius 3 is 2.85 bits per heavy atom. The molecule has 41 heavy (non-hydrogen) atoms. The number of nitrogens with one attached hydrogen (secondary N) is 1. The lowest BCUT2D eigenvalue weighted by atomic mass is 10.2. The van der Waals surface area contributed by atoms with E-state index in [9.17, 15) is 4.79 Å². The number of nitrogens with zero attached hydrogens (tertiary/aromatic N) is 4. The minimum absolute atomic E-state index is 0.0383. The first-order valence-corrected chi connectivity index (χ1v) is 15.8. The number of amides is 1. The van der Waals surface area contributed by atoms with Crippen LogP contribution in [0.25, 0.3) is 0 Å². The average molecular weight is 612 g/mol. The number of ether oxygens (including phenoxy) is 2. The van der Waals surface area contributed by atoms with Gasteiger partial charge in [0, 0.05) is 30.5 Å². The molecule has 0 radical (unpaired) electrons. The number of aromatic nitrogens is 3. The van der Waals surface area contributed by atoms with E-state index in [2.05, 4.69) is 32.4 Å². The molecular weight excluding hydrogens is 582 g/mol. The van der Waals surface area contributed by atoms with Gasteiger partial charge < -0.3 is 24.5 Å². The van der Waals surface area contributed by atoms with Crippen LogP contribution in [0.15, 0.2) is 75.8 Å². The van der Waals surface area contributed by atoms with Gasteiger partial charge in [0.2, 0.25) is 5.91 Å². The first-order valence-electron chi connectivity index (χ1n) is 13.1. The summed E-state index contributed by atoms with van der Waals surface area (Å²) in [5, 5.41) is 17.4. The van der Waals surface area contributed by atoms with Crippen molar-refractivity contribution in [1.29, 1.82) is 0 Å². The molecule has 1 aliphatic rings. The Kier molecular flexibility index (Phi) is 10.3. The Balaban J connectivity index is 1.38. The lowest BCUT2D eigenvalue weighted by Crippen LogP contribution is -2.29. The van der Waals surface area contributed by atoms with Crippen LogP contribution < -0.4 is 15.5 Å². The van der Waals surface area contributed by atoms with Gasteiger partial charge in [-0.05, 0) is 23.8 Å². The van der Waals surface area contributed by atoms with Crippen molar-refractivity contribution in [3.8, 4) is 5.75 Å². The molecule has 1 amide bonds. The first kappa shape index (κ1) is 29.2. The number of benzene rings is 2. The number of rotatable bonds is 13. The van der Waals surface area contributed by atoms with Crippen LogP contribution >= 0.6 is 33.4 Å². The van der Waals surface area contributed by atoms with Crippen LogP contribution in [0.3, 0.4) is 0 Å². The maximum absolute atomic E-state index is 12.8. The predicted molar refractivity (Wildman–Crippen MR) is 162 cm³/mol. The third-order valence-corrected chi connectivity index (χ3v) is 9.19. The summed E-state index contributed by atoms with van der Waals surface area (Å²) in [5.74, 6) is 0.849. The van der Waals surface area contributed by atoms with E-state index in [0.29, 0.717) is 60.4 Å². The van der Waals surface area contributed by atoms with Crippen molar-refractivity contribution < 1.29 is 19.4 Å². The van der Waals surface area contributed by atoms with Crippen molar-refractivity contribution in [1.82, 2.24) is 19.9 Å². The van der Waals surface area contributed by atoms with Crippen molar-refractivity contribution in [3.63, 3.8) is 0 Å². The highest BCUT2D eigenvalue weighted by Gasteiger charge is 2.22. The molecule has 214 valence electrons. The Morgan fingerprint density at radius 1 is 1.20 bits per heavy atom. The molecule has 2 aromatic heterocycles. The highest BCUT2D eigenvalue weighted by atomic mass is 35.5. The minimum atomic E-state index is -0.426. The highest BCUT2D eigenvalue weighted by molar-refractivity contribution is 8.15. The first-order chi connectivity index (χ1) is 20.1. The molecule has 1 atom stereocenters. The SMILES string of the molecule is O=C(CS1=CCc2c1n(Cc1ccccc1)cnc2=Nc1ccc(OCc2cscn2)c(Cl)c1)NCCOCCO. The van der Waals surface area contributed by atoms with E-state index in [1.54, 1.807) is 24.0 Å². The quantitative estimate of drug-likeness (QED) is 0.135. The van der Waals surface area contributed by atoms with E-state index >= 15 is 0 Å². The predicted octanol–water partition coefficient (Wildman–Crippen LogP) is 3.96. The van der Waals surface area contributed by atoms with E-state index in [0.717, 1.165) is 21.8 Å². The van der Waals surface area contributed by atoms with Crippen LogP contribution in [0, 0.1) is 0 Å². The smallest absolute Gasteiger partial charge is 0.229 e. The molecule has 0 aliphatic carbocycles. The zero-order chi connectivity index (χ0) is 28.4. The lowest BCUT2D eigenvalue weighted by Gasteiger charge is -2.16. The second-order valence-corrected chi connectivity index (χ2v) is 12.1. The van der Waals surface area contributed by atoms with E-state index < -0.39 is 10.5 Å². The number of thiazole rings is 1. The second-order valence-electron chi connectivity index (χ2n) is 9.09. The third kappa shape index (κ3) is 7.90. The van der Waals surface area contributed by atoms with Gasteiger partial charge in [-0.25, -0.2) is 15.0 Å². The van der Waals surface area contributed by atoms with Crippen LogP contribution in [0.1, 0.15) is 16.8 Å². The van der Waals surface area contributed by atoms with Gasteiger partial charge in [-0.15, -0.1) is 21.8 Å². The van der Waals surface area contributed by atoms with Gasteiger partial charge in [-0.2, -0.15) is 0 Å². The summed E-state index contributed by atoms with van der Waals surface area (Å²) in [7, 11) is -0.426. The van der Waals surface area contributed by atoms with E-state index in [1.165, 1.54) is 11.3 Å². The standard InChI is InChI=1S/C29H30ClN5O4S2/c30-25-14-22(6-7-26(25)39-16-23-17-40-20-33-23)34-28-24-8-13-41(18-27(37)31-9-11-38-12-10-36)29(24)35(19-32-28)15-21-4-2-1-3-5-21/h1-7,13-14,17,19-20,36H,8-12,15-16,18H2,(H,31,37). The van der Waals surface area contributed by atoms with Gasteiger partial charge in [-0.3, -0.25) is 4.79 Å². The Morgan fingerprint density at radius 2 is 2.07 bits per heavy atom. The molecule has 4 aromatic rings. The second kappa shape index (κ2) is 14.5. The van der Waals surface area contributed by atoms with Crippen molar-refractivity contribution in [2.24, 2.45) is 4.99 Å². The molecular formula is C29H30ClN5O4S2. The summed E-state index contributed by atoms with van der Waals surface area (Å²) >= 11 is 8.04. The van der Waals surface area contributed by atoms with Gasteiger partial charge in [-0.1, -0.05) is 47.3 Å². The largest absolute Gasteiger partial charge is 0.486 e. The number of aliphatic hydroxyl groups excluding tert-OH is 1. The molecule has 0 spiro atoms. The molecule has 12 heteroatoms. The van der Waals surface area contributed by atoms with Crippen LogP contribution in [-0.4, -0.2) is 63.0 Å². The molecule has 0 bridgehead atoms. The van der Waals surface area contributed by atoms with E-state index in [1.807, 2.05) is 29.6 Å². The molecule has 0 saturated carbocycles. The van der Waals surface area contributed by atoms with Crippen LogP contribution in [0.2, 0.25) is 5.02 Å². The third-order valence-electron chi connectivity index (χ3n) is 6.14. The van der Waals surface area contributed by atoms with Gasteiger partial charge in [0.05, 0.1) is 58.8 Å². The molecule has 9 nitrogen and oxygen atoms in total. The fraction of sp³-hybridized carbons (Fsp3) is 0.276. The van der Waals surface area contributed by atoms with Gasteiger partial charge in [0.25, 0.3) is 0 Å². The number of aliphatic hydroxyl groups is 1. The normalized spacial score (nSPS) is 14.5. The van der Waals surface area contributed by atoms with Crippen LogP contribution in [-0.2, 0) is 29.1 Å². The molecule has 2 N–H and O–H groups in total. The maximum Gasteiger partial charge on any atom is 0.229 e.